The molecule has 1 aromatic rings. The molecule has 0 amide bonds. The van der Waals surface area contributed by atoms with Crippen molar-refractivity contribution in [1.82, 2.24) is 5.32 Å². The maximum atomic E-state index is 6.32. The number of halogens is 1. The van der Waals surface area contributed by atoms with Crippen LogP contribution < -0.4 is 5.32 Å². The van der Waals surface area contributed by atoms with Gasteiger partial charge >= 0.3 is 0 Å². The van der Waals surface area contributed by atoms with Crippen molar-refractivity contribution in [3.05, 3.63) is 28.8 Å². The number of hydrogen-bond acceptors (Lipinski definition) is 2. The summed E-state index contributed by atoms with van der Waals surface area (Å²) in [6, 6.07) is 6.68. The molecule has 1 rings (SSSR count). The summed E-state index contributed by atoms with van der Waals surface area (Å²) in [7, 11) is 0. The number of rotatable bonds is 7. The van der Waals surface area contributed by atoms with Crippen LogP contribution in [-0.2, 0) is 6.54 Å². The fraction of sp³-hybridized carbons (Fsp3) is 0.600. The number of hydrogen-bond donors (Lipinski definition) is 1. The smallest absolute Gasteiger partial charge is 0.0545 e. The average molecular weight is 286 g/mol. The van der Waals surface area contributed by atoms with Crippen molar-refractivity contribution in [3.63, 3.8) is 0 Å². The third-order valence-corrected chi connectivity index (χ3v) is 4.89. The summed E-state index contributed by atoms with van der Waals surface area (Å²) in [5, 5.41) is 4.34. The maximum Gasteiger partial charge on any atom is 0.0545 e. The van der Waals surface area contributed by atoms with Crippen molar-refractivity contribution in [2.24, 2.45) is 5.92 Å². The molecule has 1 aromatic carbocycles. The van der Waals surface area contributed by atoms with Crippen LogP contribution in [0.5, 0.6) is 0 Å². The highest BCUT2D eigenvalue weighted by molar-refractivity contribution is 7.99. The molecule has 0 fully saturated rings. The summed E-state index contributed by atoms with van der Waals surface area (Å²) in [6.45, 7) is 9.74. The molecule has 0 saturated heterocycles. The van der Waals surface area contributed by atoms with E-state index in [1.54, 1.807) is 0 Å². The quantitative estimate of drug-likeness (QED) is 0.710. The van der Waals surface area contributed by atoms with Gasteiger partial charge in [0.2, 0.25) is 0 Å². The van der Waals surface area contributed by atoms with Crippen LogP contribution in [0.1, 0.15) is 39.7 Å². The number of benzene rings is 1. The van der Waals surface area contributed by atoms with E-state index in [0.29, 0.717) is 6.04 Å². The lowest BCUT2D eigenvalue weighted by Crippen LogP contribution is -2.22. The Labute approximate surface area is 121 Å². The van der Waals surface area contributed by atoms with Crippen molar-refractivity contribution in [2.75, 3.05) is 5.75 Å². The Morgan fingerprint density at radius 2 is 2.00 bits per heavy atom. The number of nitrogens with one attached hydrogen (secondary N) is 1. The third kappa shape index (κ3) is 5.21. The van der Waals surface area contributed by atoms with E-state index >= 15 is 0 Å². The van der Waals surface area contributed by atoms with E-state index in [0.717, 1.165) is 23.2 Å². The van der Waals surface area contributed by atoms with E-state index in [1.807, 2.05) is 23.9 Å². The van der Waals surface area contributed by atoms with Crippen LogP contribution in [0.4, 0.5) is 0 Å². The van der Waals surface area contributed by atoms with Gasteiger partial charge < -0.3 is 5.32 Å². The summed E-state index contributed by atoms with van der Waals surface area (Å²) in [4.78, 5) is 1.24. The zero-order valence-electron chi connectivity index (χ0n) is 11.8. The van der Waals surface area contributed by atoms with Crippen LogP contribution in [-0.4, -0.2) is 11.8 Å². The first-order valence-corrected chi connectivity index (χ1v) is 8.04. The van der Waals surface area contributed by atoms with Crippen LogP contribution in [0.2, 0.25) is 5.02 Å². The first-order chi connectivity index (χ1) is 8.54. The molecule has 1 N–H and O–H groups in total. The van der Waals surface area contributed by atoms with Gasteiger partial charge in [-0.05, 0) is 17.5 Å². The second-order valence-corrected chi connectivity index (χ2v) is 6.53. The lowest BCUT2D eigenvalue weighted by atomic mass is 10.2. The molecule has 18 heavy (non-hydrogen) atoms. The predicted molar refractivity (Wildman–Crippen MR) is 83.6 cm³/mol. The summed E-state index contributed by atoms with van der Waals surface area (Å²) in [5.41, 5.74) is 1.31. The topological polar surface area (TPSA) is 12.0 Å². The van der Waals surface area contributed by atoms with Gasteiger partial charge in [-0.25, -0.2) is 0 Å². The fourth-order valence-electron chi connectivity index (χ4n) is 1.51. The zero-order valence-corrected chi connectivity index (χ0v) is 13.4. The molecule has 1 unspecified atom stereocenters. The lowest BCUT2D eigenvalue weighted by Gasteiger charge is -2.15. The van der Waals surface area contributed by atoms with Gasteiger partial charge in [0.15, 0.2) is 0 Å². The van der Waals surface area contributed by atoms with Gasteiger partial charge in [0, 0.05) is 23.2 Å². The molecule has 0 heterocycles. The Balaban J connectivity index is 2.73. The molecule has 0 aliphatic rings. The minimum absolute atomic E-state index is 0.497. The van der Waals surface area contributed by atoms with Crippen LogP contribution in [0.25, 0.3) is 0 Å². The van der Waals surface area contributed by atoms with Gasteiger partial charge in [0.1, 0.15) is 0 Å². The normalized spacial score (nSPS) is 13.0. The second kappa shape index (κ2) is 8.08. The largest absolute Gasteiger partial charge is 0.310 e. The Bertz CT molecular complexity index is 366. The van der Waals surface area contributed by atoms with Crippen LogP contribution in [0.3, 0.4) is 0 Å². The van der Waals surface area contributed by atoms with Crippen molar-refractivity contribution in [2.45, 2.75) is 51.6 Å². The van der Waals surface area contributed by atoms with E-state index in [2.05, 4.69) is 39.1 Å². The molecule has 0 saturated carbocycles. The van der Waals surface area contributed by atoms with Gasteiger partial charge in [0.25, 0.3) is 0 Å². The van der Waals surface area contributed by atoms with E-state index in [-0.39, 0.29) is 0 Å². The van der Waals surface area contributed by atoms with Crippen LogP contribution in [0.15, 0.2) is 23.1 Å². The molecule has 0 aliphatic heterocycles. The van der Waals surface area contributed by atoms with Crippen molar-refractivity contribution in [1.29, 1.82) is 0 Å². The Morgan fingerprint density at radius 3 is 2.61 bits per heavy atom. The van der Waals surface area contributed by atoms with Crippen LogP contribution in [0, 0.1) is 5.92 Å². The summed E-state index contributed by atoms with van der Waals surface area (Å²) in [5.74, 6) is 1.87. The Morgan fingerprint density at radius 1 is 1.28 bits per heavy atom. The maximum absolute atomic E-state index is 6.32. The van der Waals surface area contributed by atoms with E-state index < -0.39 is 0 Å². The van der Waals surface area contributed by atoms with Gasteiger partial charge in [-0.3, -0.25) is 0 Å². The summed E-state index contributed by atoms with van der Waals surface area (Å²) in [6.07, 6.45) is 1.22. The first-order valence-electron chi connectivity index (χ1n) is 6.68. The lowest BCUT2D eigenvalue weighted by molar-refractivity contribution is 0.584. The van der Waals surface area contributed by atoms with Crippen molar-refractivity contribution in [3.8, 4) is 0 Å². The summed E-state index contributed by atoms with van der Waals surface area (Å²) >= 11 is 8.21. The standard InChI is InChI=1S/C15H24ClNS/c1-5-12(4)10-18-15-13(9-17-11(2)3)7-6-8-14(15)16/h6-8,11-12,17H,5,9-10H2,1-4H3. The van der Waals surface area contributed by atoms with E-state index in [9.17, 15) is 0 Å². The predicted octanol–water partition coefficient (Wildman–Crippen LogP) is 4.98. The fourth-order valence-corrected chi connectivity index (χ4v) is 3.09. The highest BCUT2D eigenvalue weighted by Crippen LogP contribution is 2.32. The highest BCUT2D eigenvalue weighted by atomic mass is 35.5. The molecular formula is C15H24ClNS. The average Bonchev–Trinajstić information content (AvgIpc) is 2.34. The molecule has 3 heteroatoms. The SMILES string of the molecule is CCC(C)CSc1c(Cl)cccc1CNC(C)C. The van der Waals surface area contributed by atoms with Crippen molar-refractivity contribution < 1.29 is 0 Å². The second-order valence-electron chi connectivity index (χ2n) is 5.09. The van der Waals surface area contributed by atoms with Crippen molar-refractivity contribution >= 4 is 23.4 Å². The monoisotopic (exact) mass is 285 g/mol. The van der Waals surface area contributed by atoms with Gasteiger partial charge in [-0.15, -0.1) is 11.8 Å². The minimum atomic E-state index is 0.497. The Kier molecular flexibility index (Phi) is 7.13. The van der Waals surface area contributed by atoms with E-state index in [4.69, 9.17) is 11.6 Å². The molecule has 0 radical (unpaired) electrons. The third-order valence-electron chi connectivity index (χ3n) is 2.96. The van der Waals surface area contributed by atoms with Gasteiger partial charge in [-0.1, -0.05) is 57.8 Å². The highest BCUT2D eigenvalue weighted by Gasteiger charge is 2.09. The molecule has 0 spiro atoms. The number of thioether (sulfide) groups is 1. The van der Waals surface area contributed by atoms with Gasteiger partial charge in [-0.2, -0.15) is 0 Å². The molecule has 0 bridgehead atoms. The molecular weight excluding hydrogens is 262 g/mol. The Hall–Kier alpha value is -0.180. The molecule has 1 atom stereocenters. The first kappa shape index (κ1) is 15.9. The zero-order chi connectivity index (χ0) is 13.5. The van der Waals surface area contributed by atoms with Crippen LogP contribution >= 0.6 is 23.4 Å². The molecule has 102 valence electrons. The molecule has 0 aliphatic carbocycles. The molecule has 1 nitrogen and oxygen atoms in total. The van der Waals surface area contributed by atoms with E-state index in [1.165, 1.54) is 16.9 Å². The van der Waals surface area contributed by atoms with Gasteiger partial charge in [0.05, 0.1) is 5.02 Å². The molecule has 0 aromatic heterocycles. The summed E-state index contributed by atoms with van der Waals surface area (Å²) < 4.78 is 0. The minimum Gasteiger partial charge on any atom is -0.310 e.